The van der Waals surface area contributed by atoms with E-state index in [0.717, 1.165) is 10.0 Å². The molecule has 1 fully saturated rings. The molecule has 1 aliphatic heterocycles. The molecule has 0 bridgehead atoms. The first kappa shape index (κ1) is 11.3. The first-order chi connectivity index (χ1) is 7.58. The number of hydrogen-bond acceptors (Lipinski definition) is 3. The van der Waals surface area contributed by atoms with Gasteiger partial charge in [-0.05, 0) is 27.6 Å². The van der Waals surface area contributed by atoms with E-state index in [0.29, 0.717) is 6.42 Å². The summed E-state index contributed by atoms with van der Waals surface area (Å²) in [6, 6.07) is 1.90. The standard InChI is InChI=1S/C11H11BrN2O2/c1-6-9(3-10(15)14-11(6)16)7-2-8(12)5-13-4-7/h2,4-6,9H,3H2,1H3,(H,14,15,16). The summed E-state index contributed by atoms with van der Waals surface area (Å²) in [7, 11) is 0. The van der Waals surface area contributed by atoms with Crippen molar-refractivity contribution in [2.45, 2.75) is 19.3 Å². The number of carbonyl (C=O) groups excluding carboxylic acids is 2. The van der Waals surface area contributed by atoms with Gasteiger partial charge in [-0.1, -0.05) is 6.92 Å². The van der Waals surface area contributed by atoms with E-state index in [9.17, 15) is 9.59 Å². The van der Waals surface area contributed by atoms with Crippen LogP contribution in [0.2, 0.25) is 0 Å². The van der Waals surface area contributed by atoms with Gasteiger partial charge >= 0.3 is 0 Å². The van der Waals surface area contributed by atoms with Gasteiger partial charge in [0.1, 0.15) is 0 Å². The molecule has 1 N–H and O–H groups in total. The molecule has 2 heterocycles. The van der Waals surface area contributed by atoms with E-state index in [1.807, 2.05) is 13.0 Å². The molecule has 1 aliphatic rings. The molecule has 0 saturated carbocycles. The number of piperidine rings is 1. The maximum absolute atomic E-state index is 11.5. The molecule has 0 spiro atoms. The van der Waals surface area contributed by atoms with Crippen LogP contribution in [0.15, 0.2) is 22.9 Å². The van der Waals surface area contributed by atoms with Crippen molar-refractivity contribution in [1.29, 1.82) is 0 Å². The van der Waals surface area contributed by atoms with Crippen LogP contribution in [0, 0.1) is 5.92 Å². The van der Waals surface area contributed by atoms with Crippen LogP contribution in [-0.4, -0.2) is 16.8 Å². The number of rotatable bonds is 1. The van der Waals surface area contributed by atoms with Crippen LogP contribution in [0.3, 0.4) is 0 Å². The number of amides is 2. The van der Waals surface area contributed by atoms with Gasteiger partial charge in [0.25, 0.3) is 0 Å². The van der Waals surface area contributed by atoms with E-state index in [2.05, 4.69) is 26.2 Å². The molecule has 1 saturated heterocycles. The molecule has 0 aliphatic carbocycles. The number of hydrogen-bond donors (Lipinski definition) is 1. The van der Waals surface area contributed by atoms with Gasteiger partial charge in [0.15, 0.2) is 0 Å². The molecule has 16 heavy (non-hydrogen) atoms. The molecule has 5 heteroatoms. The Morgan fingerprint density at radius 2 is 2.19 bits per heavy atom. The molecule has 2 rings (SSSR count). The summed E-state index contributed by atoms with van der Waals surface area (Å²) >= 11 is 3.33. The highest BCUT2D eigenvalue weighted by Gasteiger charge is 2.33. The maximum atomic E-state index is 11.5. The normalized spacial score (nSPS) is 25.4. The maximum Gasteiger partial charge on any atom is 0.230 e. The van der Waals surface area contributed by atoms with Crippen LogP contribution < -0.4 is 5.32 Å². The Kier molecular flexibility index (Phi) is 3.05. The highest BCUT2D eigenvalue weighted by molar-refractivity contribution is 9.10. The predicted molar refractivity (Wildman–Crippen MR) is 61.6 cm³/mol. The van der Waals surface area contributed by atoms with Crippen molar-refractivity contribution in [3.63, 3.8) is 0 Å². The lowest BCUT2D eigenvalue weighted by atomic mass is 9.82. The summed E-state index contributed by atoms with van der Waals surface area (Å²) in [5.74, 6) is -0.700. The second-order valence-electron chi connectivity index (χ2n) is 3.95. The van der Waals surface area contributed by atoms with Crippen molar-refractivity contribution in [2.24, 2.45) is 5.92 Å². The lowest BCUT2D eigenvalue weighted by Gasteiger charge is -2.27. The second-order valence-corrected chi connectivity index (χ2v) is 4.86. The van der Waals surface area contributed by atoms with Crippen molar-refractivity contribution in [2.75, 3.05) is 0 Å². The third kappa shape index (κ3) is 2.14. The van der Waals surface area contributed by atoms with Crippen LogP contribution in [0.1, 0.15) is 24.8 Å². The number of carbonyl (C=O) groups is 2. The molecular formula is C11H11BrN2O2. The van der Waals surface area contributed by atoms with Gasteiger partial charge in [0.2, 0.25) is 11.8 Å². The highest BCUT2D eigenvalue weighted by atomic mass is 79.9. The van der Waals surface area contributed by atoms with Crippen LogP contribution in [0.25, 0.3) is 0 Å². The SMILES string of the molecule is CC1C(=O)NC(=O)CC1c1cncc(Br)c1. The Labute approximate surface area is 102 Å². The fourth-order valence-electron chi connectivity index (χ4n) is 1.90. The summed E-state index contributed by atoms with van der Waals surface area (Å²) in [5.41, 5.74) is 0.921. The number of nitrogens with one attached hydrogen (secondary N) is 1. The van der Waals surface area contributed by atoms with Gasteiger partial charge < -0.3 is 0 Å². The van der Waals surface area contributed by atoms with Crippen LogP contribution in [0.4, 0.5) is 0 Å². The molecule has 4 nitrogen and oxygen atoms in total. The molecule has 0 aromatic carbocycles. The average Bonchev–Trinajstić information content (AvgIpc) is 2.23. The molecule has 2 unspecified atom stereocenters. The molecule has 1 aromatic heterocycles. The Morgan fingerprint density at radius 3 is 2.88 bits per heavy atom. The molecule has 0 radical (unpaired) electrons. The largest absolute Gasteiger partial charge is 0.296 e. The zero-order chi connectivity index (χ0) is 11.7. The van der Waals surface area contributed by atoms with Gasteiger partial charge in [-0.15, -0.1) is 0 Å². The Balaban J connectivity index is 2.32. The molecular weight excluding hydrogens is 272 g/mol. The lowest BCUT2D eigenvalue weighted by molar-refractivity contribution is -0.136. The summed E-state index contributed by atoms with van der Waals surface area (Å²) in [4.78, 5) is 26.9. The van der Waals surface area contributed by atoms with Gasteiger partial charge in [-0.25, -0.2) is 0 Å². The number of aromatic nitrogens is 1. The van der Waals surface area contributed by atoms with Gasteiger partial charge in [-0.3, -0.25) is 19.9 Å². The molecule has 2 amide bonds. The van der Waals surface area contributed by atoms with Gasteiger partial charge in [0, 0.05) is 35.1 Å². The van der Waals surface area contributed by atoms with E-state index in [4.69, 9.17) is 0 Å². The topological polar surface area (TPSA) is 59.1 Å². The zero-order valence-corrected chi connectivity index (χ0v) is 10.3. The van der Waals surface area contributed by atoms with Crippen molar-refractivity contribution < 1.29 is 9.59 Å². The minimum Gasteiger partial charge on any atom is -0.296 e. The van der Waals surface area contributed by atoms with Crippen molar-refractivity contribution in [3.8, 4) is 0 Å². The number of halogens is 1. The van der Waals surface area contributed by atoms with Crippen molar-refractivity contribution >= 4 is 27.7 Å². The molecule has 84 valence electrons. The Morgan fingerprint density at radius 1 is 1.44 bits per heavy atom. The van der Waals surface area contributed by atoms with Crippen LogP contribution >= 0.6 is 15.9 Å². The fraction of sp³-hybridized carbons (Fsp3) is 0.364. The predicted octanol–water partition coefficient (Wildman–Crippen LogP) is 1.61. The first-order valence-corrected chi connectivity index (χ1v) is 5.81. The third-order valence-corrected chi connectivity index (χ3v) is 3.27. The summed E-state index contributed by atoms with van der Waals surface area (Å²) in [6.07, 6.45) is 3.72. The Bertz CT molecular complexity index is 447. The molecule has 2 atom stereocenters. The monoisotopic (exact) mass is 282 g/mol. The summed E-state index contributed by atoms with van der Waals surface area (Å²) in [6.45, 7) is 1.83. The smallest absolute Gasteiger partial charge is 0.230 e. The first-order valence-electron chi connectivity index (χ1n) is 5.02. The van der Waals surface area contributed by atoms with E-state index in [1.54, 1.807) is 12.4 Å². The zero-order valence-electron chi connectivity index (χ0n) is 8.74. The van der Waals surface area contributed by atoms with Crippen molar-refractivity contribution in [1.82, 2.24) is 10.3 Å². The number of nitrogens with zero attached hydrogens (tertiary/aromatic N) is 1. The minimum absolute atomic E-state index is 0.0775. The molecule has 1 aromatic rings. The van der Waals surface area contributed by atoms with E-state index >= 15 is 0 Å². The summed E-state index contributed by atoms with van der Waals surface area (Å²) in [5, 5.41) is 2.33. The van der Waals surface area contributed by atoms with Crippen LogP contribution in [0.5, 0.6) is 0 Å². The van der Waals surface area contributed by atoms with Gasteiger partial charge in [-0.2, -0.15) is 0 Å². The quantitative estimate of drug-likeness (QED) is 0.797. The minimum atomic E-state index is -0.215. The third-order valence-electron chi connectivity index (χ3n) is 2.84. The second kappa shape index (κ2) is 4.33. The van der Waals surface area contributed by atoms with Crippen molar-refractivity contribution in [3.05, 3.63) is 28.5 Å². The number of pyridine rings is 1. The van der Waals surface area contributed by atoms with Gasteiger partial charge in [0.05, 0.1) is 0 Å². The highest BCUT2D eigenvalue weighted by Crippen LogP contribution is 2.31. The Hall–Kier alpha value is -1.23. The van der Waals surface area contributed by atoms with E-state index in [-0.39, 0.29) is 23.7 Å². The average molecular weight is 283 g/mol. The van der Waals surface area contributed by atoms with E-state index in [1.165, 1.54) is 0 Å². The lowest BCUT2D eigenvalue weighted by Crippen LogP contribution is -2.43. The van der Waals surface area contributed by atoms with E-state index < -0.39 is 0 Å². The number of imide groups is 1. The fourth-order valence-corrected chi connectivity index (χ4v) is 2.28. The summed E-state index contributed by atoms with van der Waals surface area (Å²) < 4.78 is 0.857. The van der Waals surface area contributed by atoms with Crippen LogP contribution in [-0.2, 0) is 9.59 Å².